The molecule has 7 heteroatoms. The van der Waals surface area contributed by atoms with Gasteiger partial charge >= 0.3 is 0 Å². The van der Waals surface area contributed by atoms with Crippen LogP contribution in [0.15, 0.2) is 59.8 Å². The van der Waals surface area contributed by atoms with Crippen LogP contribution in [-0.2, 0) is 16.6 Å². The molecule has 130 valence electrons. The van der Waals surface area contributed by atoms with Gasteiger partial charge in [-0.15, -0.1) is 0 Å². The Hall–Kier alpha value is -2.67. The molecule has 3 aromatic rings. The van der Waals surface area contributed by atoms with Crippen molar-refractivity contribution >= 4 is 15.7 Å². The van der Waals surface area contributed by atoms with E-state index in [9.17, 15) is 12.8 Å². The quantitative estimate of drug-likeness (QED) is 0.758. The predicted molar refractivity (Wildman–Crippen MR) is 94.5 cm³/mol. The van der Waals surface area contributed by atoms with Crippen LogP contribution >= 0.6 is 0 Å². The van der Waals surface area contributed by atoms with Crippen molar-refractivity contribution < 1.29 is 12.8 Å². The van der Waals surface area contributed by atoms with E-state index in [2.05, 4.69) is 9.82 Å². The van der Waals surface area contributed by atoms with Crippen LogP contribution < -0.4 is 4.72 Å². The predicted octanol–water partition coefficient (Wildman–Crippen LogP) is 3.49. The van der Waals surface area contributed by atoms with Gasteiger partial charge in [0.05, 0.1) is 23.3 Å². The molecule has 0 saturated carbocycles. The number of hydrogen-bond donors (Lipinski definition) is 1. The number of sulfonamides is 1. The maximum Gasteiger partial charge on any atom is 0.262 e. The molecular weight excluding hydrogens is 341 g/mol. The van der Waals surface area contributed by atoms with E-state index in [0.717, 1.165) is 11.1 Å². The number of rotatable bonds is 5. The molecule has 0 fully saturated rings. The fraction of sp³-hybridized carbons (Fsp3) is 0.167. The van der Waals surface area contributed by atoms with Crippen LogP contribution in [0, 0.1) is 19.7 Å². The van der Waals surface area contributed by atoms with Crippen LogP contribution in [0.3, 0.4) is 0 Å². The van der Waals surface area contributed by atoms with Crippen molar-refractivity contribution in [2.24, 2.45) is 0 Å². The van der Waals surface area contributed by atoms with E-state index < -0.39 is 10.0 Å². The fourth-order valence-corrected chi connectivity index (χ4v) is 3.85. The SMILES string of the molecule is Cc1ccc(S(=O)(=O)Nc2cnn(Cc3ccc(F)cc3)c2)c(C)c1. The molecule has 0 saturated heterocycles. The third-order valence-electron chi connectivity index (χ3n) is 3.76. The largest absolute Gasteiger partial charge is 0.276 e. The van der Waals surface area contributed by atoms with Crippen LogP contribution in [0.5, 0.6) is 0 Å². The fourth-order valence-electron chi connectivity index (χ4n) is 2.59. The minimum atomic E-state index is -3.68. The topological polar surface area (TPSA) is 64.0 Å². The summed E-state index contributed by atoms with van der Waals surface area (Å²) in [5.41, 5.74) is 2.94. The van der Waals surface area contributed by atoms with Gasteiger partial charge in [-0.1, -0.05) is 29.8 Å². The molecule has 2 aromatic carbocycles. The number of aryl methyl sites for hydroxylation is 2. The van der Waals surface area contributed by atoms with Gasteiger partial charge in [-0.25, -0.2) is 12.8 Å². The Balaban J connectivity index is 1.77. The van der Waals surface area contributed by atoms with E-state index >= 15 is 0 Å². The summed E-state index contributed by atoms with van der Waals surface area (Å²) >= 11 is 0. The Kier molecular flexibility index (Phi) is 4.59. The van der Waals surface area contributed by atoms with Gasteiger partial charge in [0.2, 0.25) is 0 Å². The van der Waals surface area contributed by atoms with Crippen molar-refractivity contribution in [3.8, 4) is 0 Å². The number of nitrogens with one attached hydrogen (secondary N) is 1. The van der Waals surface area contributed by atoms with E-state index in [1.807, 2.05) is 13.0 Å². The summed E-state index contributed by atoms with van der Waals surface area (Å²) in [6, 6.07) is 11.3. The first-order valence-electron chi connectivity index (χ1n) is 7.70. The smallest absolute Gasteiger partial charge is 0.262 e. The second-order valence-electron chi connectivity index (χ2n) is 5.93. The van der Waals surface area contributed by atoms with Crippen molar-refractivity contribution in [1.29, 1.82) is 0 Å². The van der Waals surface area contributed by atoms with Crippen molar-refractivity contribution in [2.75, 3.05) is 4.72 Å². The van der Waals surface area contributed by atoms with Gasteiger partial charge in [0.15, 0.2) is 0 Å². The lowest BCUT2D eigenvalue weighted by Crippen LogP contribution is -2.14. The van der Waals surface area contributed by atoms with Crippen molar-refractivity contribution in [2.45, 2.75) is 25.3 Å². The number of benzene rings is 2. The Labute approximate surface area is 146 Å². The van der Waals surface area contributed by atoms with Crippen molar-refractivity contribution in [1.82, 2.24) is 9.78 Å². The summed E-state index contributed by atoms with van der Waals surface area (Å²) in [5.74, 6) is -0.300. The van der Waals surface area contributed by atoms with Crippen molar-refractivity contribution in [3.05, 3.63) is 77.4 Å². The van der Waals surface area contributed by atoms with Gasteiger partial charge in [0.1, 0.15) is 5.82 Å². The van der Waals surface area contributed by atoms with E-state index in [0.29, 0.717) is 17.8 Å². The molecule has 1 N–H and O–H groups in total. The second-order valence-corrected chi connectivity index (χ2v) is 7.58. The normalized spacial score (nSPS) is 11.5. The number of nitrogens with zero attached hydrogens (tertiary/aromatic N) is 2. The zero-order valence-electron chi connectivity index (χ0n) is 13.9. The minimum Gasteiger partial charge on any atom is -0.276 e. The van der Waals surface area contributed by atoms with Crippen LogP contribution in [0.4, 0.5) is 10.1 Å². The molecule has 1 heterocycles. The first-order valence-corrected chi connectivity index (χ1v) is 9.19. The molecule has 0 unspecified atom stereocenters. The average Bonchev–Trinajstić information content (AvgIpc) is 2.95. The van der Waals surface area contributed by atoms with E-state index in [1.165, 1.54) is 18.3 Å². The molecule has 0 aliphatic carbocycles. The maximum atomic E-state index is 12.9. The lowest BCUT2D eigenvalue weighted by Gasteiger charge is -2.09. The van der Waals surface area contributed by atoms with Crippen LogP contribution in [0.25, 0.3) is 0 Å². The van der Waals surface area contributed by atoms with Crippen molar-refractivity contribution in [3.63, 3.8) is 0 Å². The first-order chi connectivity index (χ1) is 11.8. The average molecular weight is 359 g/mol. The molecule has 0 radical (unpaired) electrons. The molecular formula is C18H18FN3O2S. The summed E-state index contributed by atoms with van der Waals surface area (Å²) in [5, 5.41) is 4.14. The van der Waals surface area contributed by atoms with Gasteiger partial charge in [0.25, 0.3) is 10.0 Å². The lowest BCUT2D eigenvalue weighted by molar-refractivity contribution is 0.600. The molecule has 5 nitrogen and oxygen atoms in total. The maximum absolute atomic E-state index is 12.9. The standard InChI is InChI=1S/C18H18FN3O2S/c1-13-3-8-18(14(2)9-13)25(23,24)21-17-10-20-22(12-17)11-15-4-6-16(19)7-5-15/h3-10,12,21H,11H2,1-2H3. The van der Waals surface area contributed by atoms with Gasteiger partial charge in [-0.2, -0.15) is 5.10 Å². The Morgan fingerprint density at radius 1 is 1.12 bits per heavy atom. The first kappa shape index (κ1) is 17.2. The van der Waals surface area contributed by atoms with Gasteiger partial charge < -0.3 is 0 Å². The Bertz CT molecular complexity index is 995. The molecule has 0 amide bonds. The molecule has 0 atom stereocenters. The lowest BCUT2D eigenvalue weighted by atomic mass is 10.2. The zero-order chi connectivity index (χ0) is 18.0. The highest BCUT2D eigenvalue weighted by atomic mass is 32.2. The van der Waals surface area contributed by atoms with Gasteiger partial charge in [-0.05, 0) is 43.2 Å². The molecule has 0 bridgehead atoms. The third-order valence-corrected chi connectivity index (χ3v) is 5.30. The molecule has 3 rings (SSSR count). The molecule has 0 aliphatic rings. The number of anilines is 1. The highest BCUT2D eigenvalue weighted by molar-refractivity contribution is 7.92. The molecule has 25 heavy (non-hydrogen) atoms. The number of hydrogen-bond acceptors (Lipinski definition) is 3. The van der Waals surface area contributed by atoms with Crippen LogP contribution in [0.1, 0.15) is 16.7 Å². The summed E-state index contributed by atoms with van der Waals surface area (Å²) in [6.07, 6.45) is 3.05. The van der Waals surface area contributed by atoms with Crippen LogP contribution in [-0.4, -0.2) is 18.2 Å². The number of aromatic nitrogens is 2. The van der Waals surface area contributed by atoms with E-state index in [4.69, 9.17) is 0 Å². The van der Waals surface area contributed by atoms with E-state index in [1.54, 1.807) is 42.1 Å². The molecule has 0 spiro atoms. The Morgan fingerprint density at radius 3 is 2.52 bits per heavy atom. The molecule has 1 aromatic heterocycles. The monoisotopic (exact) mass is 359 g/mol. The number of halogens is 1. The second kappa shape index (κ2) is 6.68. The van der Waals surface area contributed by atoms with Gasteiger partial charge in [-0.3, -0.25) is 9.40 Å². The highest BCUT2D eigenvalue weighted by Gasteiger charge is 2.17. The molecule has 0 aliphatic heterocycles. The summed E-state index contributed by atoms with van der Waals surface area (Å²) in [7, 11) is -3.68. The van der Waals surface area contributed by atoms with Crippen LogP contribution in [0.2, 0.25) is 0 Å². The van der Waals surface area contributed by atoms with E-state index in [-0.39, 0.29) is 10.7 Å². The van der Waals surface area contributed by atoms with Gasteiger partial charge in [0, 0.05) is 6.20 Å². The summed E-state index contributed by atoms with van der Waals surface area (Å²) in [4.78, 5) is 0.240. The highest BCUT2D eigenvalue weighted by Crippen LogP contribution is 2.20. The Morgan fingerprint density at radius 2 is 1.84 bits per heavy atom. The summed E-state index contributed by atoms with van der Waals surface area (Å²) in [6.45, 7) is 4.10. The minimum absolute atomic E-state index is 0.240. The third kappa shape index (κ3) is 4.06. The summed E-state index contributed by atoms with van der Waals surface area (Å²) < 4.78 is 42.2. The zero-order valence-corrected chi connectivity index (χ0v) is 14.7.